The molecular weight excluding hydrogens is 390 g/mol. The molecule has 2 aliphatic heterocycles. The van der Waals surface area contributed by atoms with Crippen molar-refractivity contribution in [3.8, 4) is 11.4 Å². The Kier molecular flexibility index (Phi) is 7.22. The lowest BCUT2D eigenvalue weighted by molar-refractivity contribution is 0.0906. The quantitative estimate of drug-likeness (QED) is 0.680. The number of likely N-dealkylation sites (tertiary alicyclic amines) is 1. The number of anilines is 1. The van der Waals surface area contributed by atoms with Gasteiger partial charge in [-0.1, -0.05) is 19.0 Å². The number of nitrogens with one attached hydrogen (secondary N) is 1. The Morgan fingerprint density at radius 2 is 1.87 bits per heavy atom. The van der Waals surface area contributed by atoms with Crippen LogP contribution in [0, 0.1) is 11.8 Å². The molecule has 0 saturated carbocycles. The molecule has 1 N–H and O–H groups in total. The molecule has 7 nitrogen and oxygen atoms in total. The number of aromatic nitrogens is 2. The van der Waals surface area contributed by atoms with Gasteiger partial charge in [-0.05, 0) is 81.3 Å². The zero-order valence-corrected chi connectivity index (χ0v) is 18.8. The second-order valence-electron chi connectivity index (χ2n) is 9.30. The van der Waals surface area contributed by atoms with Gasteiger partial charge in [0.15, 0.2) is 0 Å². The molecule has 0 unspecified atom stereocenters. The van der Waals surface area contributed by atoms with Crippen molar-refractivity contribution in [3.63, 3.8) is 0 Å². The van der Waals surface area contributed by atoms with Crippen LogP contribution in [0.2, 0.25) is 0 Å². The zero-order chi connectivity index (χ0) is 21.6. The highest BCUT2D eigenvalue weighted by Gasteiger charge is 2.19. The van der Waals surface area contributed by atoms with E-state index in [9.17, 15) is 4.79 Å². The number of hydrogen-bond donors (Lipinski definition) is 1. The van der Waals surface area contributed by atoms with Crippen LogP contribution >= 0.6 is 0 Å². The molecule has 7 heteroatoms. The van der Waals surface area contributed by atoms with Crippen LogP contribution in [0.25, 0.3) is 11.4 Å². The van der Waals surface area contributed by atoms with Crippen LogP contribution in [0.1, 0.15) is 56.6 Å². The Morgan fingerprint density at radius 3 is 2.61 bits per heavy atom. The van der Waals surface area contributed by atoms with Crippen molar-refractivity contribution in [2.24, 2.45) is 11.8 Å². The summed E-state index contributed by atoms with van der Waals surface area (Å²) in [7, 11) is 0. The highest BCUT2D eigenvalue weighted by atomic mass is 16.5. The number of nitrogens with zero attached hydrogens (tertiary/aromatic N) is 4. The van der Waals surface area contributed by atoms with Gasteiger partial charge in [0, 0.05) is 37.4 Å². The SMILES string of the molecule is CC1CCN(c2ccc(-c3noc(C(=O)NCCCN4CCC[C@H](C)C4)n3)cc2)CC1. The Hall–Kier alpha value is -2.41. The summed E-state index contributed by atoms with van der Waals surface area (Å²) in [6.07, 6.45) is 6.00. The van der Waals surface area contributed by atoms with Crippen LogP contribution in [0.4, 0.5) is 5.69 Å². The summed E-state index contributed by atoms with van der Waals surface area (Å²) in [5.41, 5.74) is 2.08. The monoisotopic (exact) mass is 425 g/mol. The number of rotatable bonds is 7. The van der Waals surface area contributed by atoms with Gasteiger partial charge in [0.1, 0.15) is 0 Å². The first-order chi connectivity index (χ1) is 15.1. The van der Waals surface area contributed by atoms with Crippen molar-refractivity contribution in [2.75, 3.05) is 44.2 Å². The van der Waals surface area contributed by atoms with Crippen molar-refractivity contribution in [3.05, 3.63) is 30.2 Å². The third kappa shape index (κ3) is 5.85. The largest absolute Gasteiger partial charge is 0.372 e. The average molecular weight is 426 g/mol. The average Bonchev–Trinajstić information content (AvgIpc) is 3.28. The minimum Gasteiger partial charge on any atom is -0.372 e. The third-order valence-corrected chi connectivity index (χ3v) is 6.57. The van der Waals surface area contributed by atoms with Gasteiger partial charge in [0.05, 0.1) is 0 Å². The van der Waals surface area contributed by atoms with Crippen LogP contribution in [0.15, 0.2) is 28.8 Å². The zero-order valence-electron chi connectivity index (χ0n) is 18.8. The van der Waals surface area contributed by atoms with Gasteiger partial charge in [-0.25, -0.2) is 0 Å². The molecule has 0 bridgehead atoms. The molecular formula is C24H35N5O2. The summed E-state index contributed by atoms with van der Waals surface area (Å²) in [4.78, 5) is 21.6. The molecule has 1 atom stereocenters. The first-order valence-corrected chi connectivity index (χ1v) is 11.8. The van der Waals surface area contributed by atoms with Crippen molar-refractivity contribution in [1.82, 2.24) is 20.4 Å². The Bertz CT molecular complexity index is 842. The molecule has 31 heavy (non-hydrogen) atoms. The smallest absolute Gasteiger partial charge is 0.316 e. The normalized spacial score (nSPS) is 20.7. The Balaban J connectivity index is 1.25. The second kappa shape index (κ2) is 10.3. The van der Waals surface area contributed by atoms with Crippen molar-refractivity contribution < 1.29 is 9.32 Å². The fraction of sp³-hybridized carbons (Fsp3) is 0.625. The van der Waals surface area contributed by atoms with Crippen LogP contribution < -0.4 is 10.2 Å². The maximum Gasteiger partial charge on any atom is 0.316 e. The first kappa shape index (κ1) is 21.8. The molecule has 0 spiro atoms. The maximum absolute atomic E-state index is 12.4. The summed E-state index contributed by atoms with van der Waals surface area (Å²) >= 11 is 0. The Labute approximate surface area is 185 Å². The van der Waals surface area contributed by atoms with E-state index in [2.05, 4.69) is 51.2 Å². The number of amides is 1. The van der Waals surface area contributed by atoms with E-state index in [1.165, 1.54) is 37.9 Å². The van der Waals surface area contributed by atoms with E-state index in [4.69, 9.17) is 4.52 Å². The molecule has 2 aliphatic rings. The summed E-state index contributed by atoms with van der Waals surface area (Å²) < 4.78 is 5.21. The van der Waals surface area contributed by atoms with Gasteiger partial charge >= 0.3 is 11.8 Å². The van der Waals surface area contributed by atoms with E-state index >= 15 is 0 Å². The number of carbonyl (C=O) groups is 1. The number of piperidine rings is 2. The minimum absolute atomic E-state index is 0.0238. The second-order valence-corrected chi connectivity index (χ2v) is 9.30. The number of hydrogen-bond acceptors (Lipinski definition) is 6. The standard InChI is InChI=1S/C24H35N5O2/c1-18-10-15-29(16-11-18)21-8-6-20(7-9-21)22-26-24(31-27-22)23(30)25-12-4-14-28-13-3-5-19(2)17-28/h6-9,18-19H,3-5,10-17H2,1-2H3,(H,25,30)/t19-/m0/s1. The van der Waals surface area contributed by atoms with E-state index < -0.39 is 0 Å². The van der Waals surface area contributed by atoms with Crippen LogP contribution in [0.3, 0.4) is 0 Å². The first-order valence-electron chi connectivity index (χ1n) is 11.8. The van der Waals surface area contributed by atoms with E-state index in [1.54, 1.807) is 0 Å². The Morgan fingerprint density at radius 1 is 1.10 bits per heavy atom. The van der Waals surface area contributed by atoms with Gasteiger partial charge in [0.25, 0.3) is 0 Å². The maximum atomic E-state index is 12.4. The van der Waals surface area contributed by atoms with Gasteiger partial charge in [-0.2, -0.15) is 4.98 Å². The van der Waals surface area contributed by atoms with Crippen molar-refractivity contribution in [1.29, 1.82) is 0 Å². The molecule has 3 heterocycles. The van der Waals surface area contributed by atoms with Crippen LogP contribution in [-0.2, 0) is 0 Å². The number of benzene rings is 1. The fourth-order valence-corrected chi connectivity index (χ4v) is 4.59. The molecule has 2 fully saturated rings. The highest BCUT2D eigenvalue weighted by Crippen LogP contribution is 2.25. The molecule has 2 saturated heterocycles. The predicted octanol–water partition coefficient (Wildman–Crippen LogP) is 3.82. The lowest BCUT2D eigenvalue weighted by Crippen LogP contribution is -2.36. The van der Waals surface area contributed by atoms with E-state index in [1.807, 2.05) is 12.1 Å². The molecule has 1 aromatic carbocycles. The van der Waals surface area contributed by atoms with Crippen LogP contribution in [0.5, 0.6) is 0 Å². The molecule has 1 aromatic heterocycles. The molecule has 168 valence electrons. The van der Waals surface area contributed by atoms with Gasteiger partial charge < -0.3 is 19.6 Å². The van der Waals surface area contributed by atoms with Crippen LogP contribution in [-0.4, -0.2) is 60.2 Å². The lowest BCUT2D eigenvalue weighted by Gasteiger charge is -2.32. The lowest BCUT2D eigenvalue weighted by atomic mass is 9.98. The molecule has 1 amide bonds. The summed E-state index contributed by atoms with van der Waals surface area (Å²) in [5.74, 6) is 1.76. The summed E-state index contributed by atoms with van der Waals surface area (Å²) in [6, 6.07) is 8.20. The van der Waals surface area contributed by atoms with Gasteiger partial charge in [0.2, 0.25) is 5.82 Å². The summed E-state index contributed by atoms with van der Waals surface area (Å²) in [6.45, 7) is 10.8. The van der Waals surface area contributed by atoms with E-state index in [-0.39, 0.29) is 11.8 Å². The third-order valence-electron chi connectivity index (χ3n) is 6.57. The van der Waals surface area contributed by atoms with Gasteiger partial charge in [-0.15, -0.1) is 0 Å². The molecule has 0 radical (unpaired) electrons. The summed E-state index contributed by atoms with van der Waals surface area (Å²) in [5, 5.41) is 6.90. The van der Waals surface area contributed by atoms with Crippen molar-refractivity contribution >= 4 is 11.6 Å². The topological polar surface area (TPSA) is 74.5 Å². The minimum atomic E-state index is -0.301. The number of carbonyl (C=O) groups excluding carboxylic acids is 1. The molecule has 2 aromatic rings. The van der Waals surface area contributed by atoms with E-state index in [0.717, 1.165) is 50.0 Å². The van der Waals surface area contributed by atoms with Gasteiger partial charge in [-0.3, -0.25) is 4.79 Å². The van der Waals surface area contributed by atoms with Crippen molar-refractivity contribution in [2.45, 2.75) is 46.0 Å². The van der Waals surface area contributed by atoms with E-state index in [0.29, 0.717) is 12.4 Å². The fourth-order valence-electron chi connectivity index (χ4n) is 4.59. The molecule has 0 aliphatic carbocycles. The molecule has 4 rings (SSSR count). The predicted molar refractivity (Wildman–Crippen MR) is 122 cm³/mol. The highest BCUT2D eigenvalue weighted by molar-refractivity contribution is 5.89.